The molecule has 1 aromatic carbocycles. The van der Waals surface area contributed by atoms with Gasteiger partial charge < -0.3 is 9.47 Å². The quantitative estimate of drug-likeness (QED) is 0.851. The van der Waals surface area contributed by atoms with E-state index in [1.54, 1.807) is 0 Å². The van der Waals surface area contributed by atoms with Crippen molar-refractivity contribution in [1.82, 2.24) is 14.5 Å². The van der Waals surface area contributed by atoms with Gasteiger partial charge in [0, 0.05) is 13.1 Å². The third-order valence-corrected chi connectivity index (χ3v) is 4.63. The third-order valence-electron chi connectivity index (χ3n) is 4.63. The summed E-state index contributed by atoms with van der Waals surface area (Å²) in [5.74, 6) is 0.905. The molecule has 116 valence electrons. The summed E-state index contributed by atoms with van der Waals surface area (Å²) in [5.41, 5.74) is 3.50. The van der Waals surface area contributed by atoms with E-state index in [1.807, 2.05) is 0 Å². The molecule has 0 bridgehead atoms. The van der Waals surface area contributed by atoms with Crippen LogP contribution in [0.1, 0.15) is 37.6 Å². The highest BCUT2D eigenvalue weighted by Crippen LogP contribution is 2.19. The molecule has 1 aliphatic rings. The van der Waals surface area contributed by atoms with Crippen LogP contribution in [0.5, 0.6) is 0 Å². The van der Waals surface area contributed by atoms with Crippen molar-refractivity contribution < 1.29 is 0 Å². The van der Waals surface area contributed by atoms with Crippen molar-refractivity contribution in [2.45, 2.75) is 45.6 Å². The second-order valence-corrected chi connectivity index (χ2v) is 6.09. The van der Waals surface area contributed by atoms with Gasteiger partial charge in [0.05, 0.1) is 23.5 Å². The van der Waals surface area contributed by atoms with Crippen molar-refractivity contribution in [3.63, 3.8) is 0 Å². The van der Waals surface area contributed by atoms with Crippen molar-refractivity contribution in [1.29, 1.82) is 5.26 Å². The van der Waals surface area contributed by atoms with Crippen molar-refractivity contribution in [2.75, 3.05) is 19.6 Å². The Morgan fingerprint density at radius 2 is 2.00 bits per heavy atom. The fraction of sp³-hybridized carbons (Fsp3) is 0.556. The molecule has 1 saturated heterocycles. The standard InChI is InChI=1S/C18H24N4/c1-2-15-6-7-17-16(14-15)20-18(8-9-19)22(17)13-12-21-10-4-3-5-11-21/h6-7,14H,2-5,8,10-13H2,1H3. The van der Waals surface area contributed by atoms with Crippen LogP contribution in [0, 0.1) is 11.3 Å². The first kappa shape index (κ1) is 15.1. The molecule has 4 nitrogen and oxygen atoms in total. The molecule has 0 spiro atoms. The second kappa shape index (κ2) is 6.93. The van der Waals surface area contributed by atoms with Crippen molar-refractivity contribution in [3.8, 4) is 6.07 Å². The van der Waals surface area contributed by atoms with Gasteiger partial charge in [-0.2, -0.15) is 5.26 Å². The van der Waals surface area contributed by atoms with E-state index in [0.29, 0.717) is 6.42 Å². The summed E-state index contributed by atoms with van der Waals surface area (Å²) in [6.45, 7) is 6.56. The molecular formula is C18H24N4. The molecular weight excluding hydrogens is 272 g/mol. The van der Waals surface area contributed by atoms with Crippen molar-refractivity contribution in [2.24, 2.45) is 0 Å². The average Bonchev–Trinajstić information content (AvgIpc) is 2.90. The minimum Gasteiger partial charge on any atom is -0.326 e. The van der Waals surface area contributed by atoms with Gasteiger partial charge in [-0.25, -0.2) is 4.98 Å². The Morgan fingerprint density at radius 3 is 2.73 bits per heavy atom. The normalized spacial score (nSPS) is 16.0. The maximum Gasteiger partial charge on any atom is 0.124 e. The van der Waals surface area contributed by atoms with E-state index in [0.717, 1.165) is 30.9 Å². The molecule has 0 unspecified atom stereocenters. The number of aryl methyl sites for hydroxylation is 1. The number of rotatable bonds is 5. The number of imidazole rings is 1. The zero-order valence-corrected chi connectivity index (χ0v) is 13.4. The Bertz CT molecular complexity index is 674. The van der Waals surface area contributed by atoms with Gasteiger partial charge in [-0.1, -0.05) is 19.4 Å². The summed E-state index contributed by atoms with van der Waals surface area (Å²) >= 11 is 0. The summed E-state index contributed by atoms with van der Waals surface area (Å²) in [4.78, 5) is 7.23. The molecule has 0 aliphatic carbocycles. The number of nitriles is 1. The minimum atomic E-state index is 0.385. The SMILES string of the molecule is CCc1ccc2c(c1)nc(CC#N)n2CCN1CCCCC1. The van der Waals surface area contributed by atoms with E-state index in [9.17, 15) is 0 Å². The third kappa shape index (κ3) is 3.15. The number of aromatic nitrogens is 2. The second-order valence-electron chi connectivity index (χ2n) is 6.09. The summed E-state index contributed by atoms with van der Waals surface area (Å²) in [6.07, 6.45) is 5.40. The molecule has 0 amide bonds. The molecule has 0 radical (unpaired) electrons. The Labute approximate surface area is 132 Å². The lowest BCUT2D eigenvalue weighted by Crippen LogP contribution is -2.32. The monoisotopic (exact) mass is 296 g/mol. The Hall–Kier alpha value is -1.86. The Kier molecular flexibility index (Phi) is 4.74. The predicted molar refractivity (Wildman–Crippen MR) is 88.7 cm³/mol. The van der Waals surface area contributed by atoms with Gasteiger partial charge in [0.2, 0.25) is 0 Å². The molecule has 22 heavy (non-hydrogen) atoms. The molecule has 0 atom stereocenters. The van der Waals surface area contributed by atoms with Gasteiger partial charge in [0.25, 0.3) is 0 Å². The molecule has 1 aromatic heterocycles. The van der Waals surface area contributed by atoms with Crippen LogP contribution >= 0.6 is 0 Å². The molecule has 1 aliphatic heterocycles. The van der Waals surface area contributed by atoms with Crippen LogP contribution in [0.2, 0.25) is 0 Å². The number of fused-ring (bicyclic) bond motifs is 1. The molecule has 2 aromatic rings. The van der Waals surface area contributed by atoms with Gasteiger partial charge in [0.1, 0.15) is 5.82 Å². The van der Waals surface area contributed by atoms with E-state index in [1.165, 1.54) is 43.4 Å². The van der Waals surface area contributed by atoms with Gasteiger partial charge in [-0.15, -0.1) is 0 Å². The summed E-state index contributed by atoms with van der Waals surface area (Å²) in [7, 11) is 0. The van der Waals surface area contributed by atoms with E-state index in [2.05, 4.69) is 40.7 Å². The van der Waals surface area contributed by atoms with Crippen LogP contribution < -0.4 is 0 Å². The predicted octanol–water partition coefficient (Wildman–Crippen LogP) is 3.15. The number of likely N-dealkylation sites (tertiary alicyclic amines) is 1. The number of benzene rings is 1. The van der Waals surface area contributed by atoms with E-state index in [-0.39, 0.29) is 0 Å². The van der Waals surface area contributed by atoms with Crippen LogP contribution in [0.4, 0.5) is 0 Å². The van der Waals surface area contributed by atoms with E-state index < -0.39 is 0 Å². The lowest BCUT2D eigenvalue weighted by Gasteiger charge is -2.26. The number of hydrogen-bond acceptors (Lipinski definition) is 3. The van der Waals surface area contributed by atoms with E-state index in [4.69, 9.17) is 10.2 Å². The molecule has 0 saturated carbocycles. The smallest absolute Gasteiger partial charge is 0.124 e. The first-order chi connectivity index (χ1) is 10.8. The number of hydrogen-bond donors (Lipinski definition) is 0. The van der Waals surface area contributed by atoms with Crippen LogP contribution in [-0.4, -0.2) is 34.1 Å². The topological polar surface area (TPSA) is 44.9 Å². The fourth-order valence-corrected chi connectivity index (χ4v) is 3.32. The zero-order chi connectivity index (χ0) is 15.4. The zero-order valence-electron chi connectivity index (χ0n) is 13.4. The lowest BCUT2D eigenvalue weighted by atomic mass is 10.1. The Balaban J connectivity index is 1.85. The van der Waals surface area contributed by atoms with E-state index >= 15 is 0 Å². The van der Waals surface area contributed by atoms with Crippen LogP contribution in [0.15, 0.2) is 18.2 Å². The van der Waals surface area contributed by atoms with Crippen LogP contribution in [0.3, 0.4) is 0 Å². The van der Waals surface area contributed by atoms with Gasteiger partial charge in [0.15, 0.2) is 0 Å². The maximum absolute atomic E-state index is 9.07. The molecule has 0 N–H and O–H groups in total. The van der Waals surface area contributed by atoms with Gasteiger partial charge in [-0.3, -0.25) is 0 Å². The van der Waals surface area contributed by atoms with Gasteiger partial charge >= 0.3 is 0 Å². The molecule has 3 rings (SSSR count). The fourth-order valence-electron chi connectivity index (χ4n) is 3.32. The van der Waals surface area contributed by atoms with Crippen LogP contribution in [0.25, 0.3) is 11.0 Å². The van der Waals surface area contributed by atoms with Gasteiger partial charge in [-0.05, 0) is 50.0 Å². The van der Waals surface area contributed by atoms with Crippen molar-refractivity contribution in [3.05, 3.63) is 29.6 Å². The highest BCUT2D eigenvalue weighted by Gasteiger charge is 2.14. The molecule has 1 fully saturated rings. The summed E-state index contributed by atoms with van der Waals surface area (Å²) in [6, 6.07) is 8.76. The first-order valence-corrected chi connectivity index (χ1v) is 8.39. The highest BCUT2D eigenvalue weighted by molar-refractivity contribution is 5.77. The lowest BCUT2D eigenvalue weighted by molar-refractivity contribution is 0.221. The number of piperidine rings is 1. The first-order valence-electron chi connectivity index (χ1n) is 8.39. The average molecular weight is 296 g/mol. The molecule has 2 heterocycles. The number of nitrogens with zero attached hydrogens (tertiary/aromatic N) is 4. The molecule has 4 heteroatoms. The minimum absolute atomic E-state index is 0.385. The Morgan fingerprint density at radius 1 is 1.18 bits per heavy atom. The maximum atomic E-state index is 9.07. The highest BCUT2D eigenvalue weighted by atomic mass is 15.2. The van der Waals surface area contributed by atoms with Crippen molar-refractivity contribution >= 4 is 11.0 Å². The largest absolute Gasteiger partial charge is 0.326 e. The van der Waals surface area contributed by atoms with Crippen LogP contribution in [-0.2, 0) is 19.4 Å². The summed E-state index contributed by atoms with van der Waals surface area (Å²) < 4.78 is 2.24. The summed E-state index contributed by atoms with van der Waals surface area (Å²) in [5, 5.41) is 9.07.